The van der Waals surface area contributed by atoms with Gasteiger partial charge in [-0.2, -0.15) is 18.4 Å². The third-order valence-electron chi connectivity index (χ3n) is 6.22. The van der Waals surface area contributed by atoms with Crippen molar-refractivity contribution in [2.24, 2.45) is 5.41 Å². The van der Waals surface area contributed by atoms with E-state index in [9.17, 15) is 40.4 Å². The van der Waals surface area contributed by atoms with Gasteiger partial charge in [0.1, 0.15) is 28.9 Å². The first-order chi connectivity index (χ1) is 18.6. The third kappa shape index (κ3) is 5.72. The molecule has 0 saturated carbocycles. The summed E-state index contributed by atoms with van der Waals surface area (Å²) in [6, 6.07) is 11.7. The molecule has 0 saturated heterocycles. The standard InChI is InChI=1S/C27H22F5N3O4S/c1-26(2,15-33)25(36)34-13-19-14-35(40(37,38)20-5-3-4-17(11-20)27(30,31)32)23-10-16(6-9-24(23)39-19)21-12-18(28)7-8-22(21)29/h3-12,19H,13-14H2,1-2H3,(H,34,36)/t19-/m0/s1. The van der Waals surface area contributed by atoms with E-state index in [-0.39, 0.29) is 29.1 Å². The lowest BCUT2D eigenvalue weighted by Crippen LogP contribution is -2.49. The van der Waals surface area contributed by atoms with Crippen molar-refractivity contribution < 1.29 is 39.9 Å². The predicted molar refractivity (Wildman–Crippen MR) is 135 cm³/mol. The second-order valence-electron chi connectivity index (χ2n) is 9.56. The second kappa shape index (κ2) is 10.4. The number of rotatable bonds is 6. The summed E-state index contributed by atoms with van der Waals surface area (Å²) in [6.45, 7) is 2.08. The molecule has 0 aliphatic carbocycles. The van der Waals surface area contributed by atoms with Crippen LogP contribution in [-0.2, 0) is 21.0 Å². The van der Waals surface area contributed by atoms with E-state index < -0.39 is 62.3 Å². The molecule has 0 spiro atoms. The molecular weight excluding hydrogens is 557 g/mol. The lowest BCUT2D eigenvalue weighted by molar-refractivity contribution is -0.137. The van der Waals surface area contributed by atoms with Crippen LogP contribution in [0.2, 0.25) is 0 Å². The number of amides is 1. The molecule has 7 nitrogen and oxygen atoms in total. The third-order valence-corrected chi connectivity index (χ3v) is 7.99. The number of benzene rings is 3. The number of hydrogen-bond donors (Lipinski definition) is 1. The molecule has 13 heteroatoms. The van der Waals surface area contributed by atoms with Crippen molar-refractivity contribution in [3.05, 3.63) is 77.9 Å². The Morgan fingerprint density at radius 3 is 2.50 bits per heavy atom. The summed E-state index contributed by atoms with van der Waals surface area (Å²) >= 11 is 0. The Bertz CT molecular complexity index is 1620. The summed E-state index contributed by atoms with van der Waals surface area (Å²) in [4.78, 5) is 11.7. The highest BCUT2D eigenvalue weighted by molar-refractivity contribution is 7.92. The van der Waals surface area contributed by atoms with Gasteiger partial charge in [0.05, 0.1) is 35.3 Å². The first-order valence-corrected chi connectivity index (χ1v) is 13.2. The number of ether oxygens (including phenoxy) is 1. The normalized spacial score (nSPS) is 15.6. The predicted octanol–water partition coefficient (Wildman–Crippen LogP) is 5.27. The second-order valence-corrected chi connectivity index (χ2v) is 11.4. The molecule has 0 aromatic heterocycles. The molecule has 3 aromatic carbocycles. The first-order valence-electron chi connectivity index (χ1n) is 11.8. The van der Waals surface area contributed by atoms with Crippen molar-refractivity contribution in [2.75, 3.05) is 17.4 Å². The Morgan fingerprint density at radius 2 is 1.82 bits per heavy atom. The number of carbonyl (C=O) groups excluding carboxylic acids is 1. The van der Waals surface area contributed by atoms with Crippen molar-refractivity contribution in [3.8, 4) is 22.9 Å². The van der Waals surface area contributed by atoms with Crippen molar-refractivity contribution in [1.82, 2.24) is 5.32 Å². The Balaban J connectivity index is 1.79. The van der Waals surface area contributed by atoms with E-state index in [2.05, 4.69) is 5.32 Å². The lowest BCUT2D eigenvalue weighted by atomic mass is 9.95. The van der Waals surface area contributed by atoms with Crippen LogP contribution in [0.1, 0.15) is 19.4 Å². The van der Waals surface area contributed by atoms with E-state index >= 15 is 0 Å². The van der Waals surface area contributed by atoms with Gasteiger partial charge in [-0.3, -0.25) is 9.10 Å². The van der Waals surface area contributed by atoms with E-state index in [1.807, 2.05) is 6.07 Å². The summed E-state index contributed by atoms with van der Waals surface area (Å²) in [5.74, 6) is -2.20. The Hall–Kier alpha value is -4.18. The van der Waals surface area contributed by atoms with Gasteiger partial charge in [0, 0.05) is 5.56 Å². The highest BCUT2D eigenvalue weighted by Gasteiger charge is 2.38. The average Bonchev–Trinajstić information content (AvgIpc) is 2.91. The van der Waals surface area contributed by atoms with Gasteiger partial charge in [-0.1, -0.05) is 12.1 Å². The van der Waals surface area contributed by atoms with Crippen LogP contribution < -0.4 is 14.4 Å². The zero-order valence-electron chi connectivity index (χ0n) is 21.1. The Labute approximate surface area is 226 Å². The van der Waals surface area contributed by atoms with Crippen LogP contribution in [0.4, 0.5) is 27.6 Å². The topological polar surface area (TPSA) is 99.5 Å². The number of carbonyl (C=O) groups is 1. The van der Waals surface area contributed by atoms with Gasteiger partial charge in [0.15, 0.2) is 0 Å². The van der Waals surface area contributed by atoms with Gasteiger partial charge in [-0.05, 0) is 67.9 Å². The zero-order valence-corrected chi connectivity index (χ0v) is 21.9. The largest absolute Gasteiger partial charge is 0.484 e. The number of alkyl halides is 3. The Morgan fingerprint density at radius 1 is 1.10 bits per heavy atom. The van der Waals surface area contributed by atoms with Crippen molar-refractivity contribution in [3.63, 3.8) is 0 Å². The van der Waals surface area contributed by atoms with Gasteiger partial charge in [-0.15, -0.1) is 0 Å². The van der Waals surface area contributed by atoms with E-state index in [0.29, 0.717) is 6.07 Å². The minimum atomic E-state index is -4.81. The maximum atomic E-state index is 14.5. The van der Waals surface area contributed by atoms with E-state index in [1.54, 1.807) is 0 Å². The van der Waals surface area contributed by atoms with Gasteiger partial charge in [0.25, 0.3) is 10.0 Å². The molecule has 0 fully saturated rings. The molecule has 1 atom stereocenters. The minimum Gasteiger partial charge on any atom is -0.484 e. The Kier molecular flexibility index (Phi) is 7.51. The smallest absolute Gasteiger partial charge is 0.416 e. The molecule has 3 aromatic rings. The van der Waals surface area contributed by atoms with Crippen LogP contribution in [0.25, 0.3) is 11.1 Å². The molecule has 1 aliphatic heterocycles. The molecule has 0 radical (unpaired) electrons. The molecule has 1 aliphatic rings. The average molecular weight is 580 g/mol. The SMILES string of the molecule is CC(C)(C#N)C(=O)NC[C@H]1CN(S(=O)(=O)c2cccc(C(F)(F)F)c2)c2cc(-c3cc(F)ccc3F)ccc2O1. The van der Waals surface area contributed by atoms with Gasteiger partial charge in [-0.25, -0.2) is 17.2 Å². The minimum absolute atomic E-state index is 0.0267. The summed E-state index contributed by atoms with van der Waals surface area (Å²) in [5, 5.41) is 11.7. The highest BCUT2D eigenvalue weighted by atomic mass is 32.2. The first kappa shape index (κ1) is 28.8. The number of halogens is 5. The number of nitrogens with zero attached hydrogens (tertiary/aromatic N) is 2. The zero-order chi connectivity index (χ0) is 29.5. The fourth-order valence-electron chi connectivity index (χ4n) is 3.97. The molecule has 1 N–H and O–H groups in total. The molecular formula is C27H22F5N3O4S. The lowest BCUT2D eigenvalue weighted by Gasteiger charge is -2.36. The maximum absolute atomic E-state index is 14.5. The molecule has 0 bridgehead atoms. The van der Waals surface area contributed by atoms with Crippen LogP contribution in [0.15, 0.2) is 65.6 Å². The number of anilines is 1. The van der Waals surface area contributed by atoms with Gasteiger partial charge < -0.3 is 10.1 Å². The number of hydrogen-bond acceptors (Lipinski definition) is 5. The van der Waals surface area contributed by atoms with Crippen molar-refractivity contribution >= 4 is 21.6 Å². The van der Waals surface area contributed by atoms with E-state index in [4.69, 9.17) is 4.74 Å². The highest BCUT2D eigenvalue weighted by Crippen LogP contribution is 2.41. The van der Waals surface area contributed by atoms with E-state index in [1.165, 1.54) is 32.0 Å². The molecule has 210 valence electrons. The molecule has 1 amide bonds. The number of nitrogens with one attached hydrogen (secondary N) is 1. The van der Waals surface area contributed by atoms with Gasteiger partial charge >= 0.3 is 6.18 Å². The summed E-state index contributed by atoms with van der Waals surface area (Å²) in [7, 11) is -4.66. The molecule has 0 unspecified atom stereocenters. The van der Waals surface area contributed by atoms with Crippen molar-refractivity contribution in [2.45, 2.75) is 31.0 Å². The number of sulfonamides is 1. The summed E-state index contributed by atoms with van der Waals surface area (Å²) < 4.78 is 103. The van der Waals surface area contributed by atoms with Crippen LogP contribution in [0.3, 0.4) is 0 Å². The molecule has 4 rings (SSSR count). The van der Waals surface area contributed by atoms with Crippen LogP contribution >= 0.6 is 0 Å². The molecule has 40 heavy (non-hydrogen) atoms. The number of nitriles is 1. The van der Waals surface area contributed by atoms with Crippen LogP contribution in [-0.4, -0.2) is 33.5 Å². The summed E-state index contributed by atoms with van der Waals surface area (Å²) in [6.07, 6.45) is -5.82. The fraction of sp³-hybridized carbons (Fsp3) is 0.259. The van der Waals surface area contributed by atoms with Crippen LogP contribution in [0.5, 0.6) is 5.75 Å². The van der Waals surface area contributed by atoms with Crippen LogP contribution in [0, 0.1) is 28.4 Å². The molecule has 1 heterocycles. The van der Waals surface area contributed by atoms with Gasteiger partial charge in [0.2, 0.25) is 5.91 Å². The quantitative estimate of drug-likeness (QED) is 0.401. The number of fused-ring (bicyclic) bond motifs is 1. The van der Waals surface area contributed by atoms with E-state index in [0.717, 1.165) is 40.7 Å². The summed E-state index contributed by atoms with van der Waals surface area (Å²) in [5.41, 5.74) is -2.78. The van der Waals surface area contributed by atoms with Crippen molar-refractivity contribution in [1.29, 1.82) is 5.26 Å². The maximum Gasteiger partial charge on any atom is 0.416 e. The fourth-order valence-corrected chi connectivity index (χ4v) is 5.52. The monoisotopic (exact) mass is 579 g/mol.